The molecule has 0 bridgehead atoms. The van der Waals surface area contributed by atoms with Gasteiger partial charge in [-0.05, 0) is 37.0 Å². The number of thioether (sulfide) groups is 1. The summed E-state index contributed by atoms with van der Waals surface area (Å²) in [5.41, 5.74) is 4.05. The molecule has 0 aromatic heterocycles. The monoisotopic (exact) mass is 381 g/mol. The standard InChI is InChI=1S/C21H23N3O2S/c1-14-7-6-8-15(2)19(14)23-18(25)13-17-20(26)24-21(27-17)22-12-11-16-9-4-3-5-10-16/h3-10,17H,11-13H2,1-2H3,(H,23,25)(H,22,24,26)/t17-/m1/s1. The van der Waals surface area contributed by atoms with Gasteiger partial charge in [0.1, 0.15) is 5.25 Å². The Balaban J connectivity index is 1.53. The molecule has 1 fully saturated rings. The molecule has 5 nitrogen and oxygen atoms in total. The molecule has 27 heavy (non-hydrogen) atoms. The molecule has 0 saturated carbocycles. The van der Waals surface area contributed by atoms with E-state index in [-0.39, 0.29) is 18.2 Å². The molecular formula is C21H23N3O2S. The normalized spacial score (nSPS) is 17.8. The summed E-state index contributed by atoms with van der Waals surface area (Å²) in [5.74, 6) is -0.319. The summed E-state index contributed by atoms with van der Waals surface area (Å²) >= 11 is 1.33. The molecule has 1 heterocycles. The number of aliphatic imine (C=N–C) groups is 1. The van der Waals surface area contributed by atoms with Crippen LogP contribution in [-0.2, 0) is 16.0 Å². The summed E-state index contributed by atoms with van der Waals surface area (Å²) in [7, 11) is 0. The van der Waals surface area contributed by atoms with Gasteiger partial charge in [0.25, 0.3) is 0 Å². The van der Waals surface area contributed by atoms with Gasteiger partial charge in [0, 0.05) is 18.7 Å². The number of amides is 2. The van der Waals surface area contributed by atoms with Gasteiger partial charge in [-0.25, -0.2) is 0 Å². The highest BCUT2D eigenvalue weighted by Crippen LogP contribution is 2.24. The molecule has 140 valence electrons. The van der Waals surface area contributed by atoms with Gasteiger partial charge >= 0.3 is 0 Å². The molecule has 6 heteroatoms. The molecule has 1 saturated heterocycles. The second-order valence-corrected chi connectivity index (χ2v) is 7.73. The van der Waals surface area contributed by atoms with Crippen molar-refractivity contribution in [2.75, 3.05) is 11.9 Å². The summed E-state index contributed by atoms with van der Waals surface area (Å²) < 4.78 is 0. The van der Waals surface area contributed by atoms with E-state index in [4.69, 9.17) is 0 Å². The number of amidine groups is 1. The smallest absolute Gasteiger partial charge is 0.240 e. The van der Waals surface area contributed by atoms with Crippen molar-refractivity contribution in [2.24, 2.45) is 4.99 Å². The predicted octanol–water partition coefficient (Wildman–Crippen LogP) is 3.46. The predicted molar refractivity (Wildman–Crippen MR) is 111 cm³/mol. The maximum atomic E-state index is 12.4. The Hall–Kier alpha value is -2.60. The Morgan fingerprint density at radius 1 is 1.11 bits per heavy atom. The van der Waals surface area contributed by atoms with Crippen molar-refractivity contribution >= 4 is 34.4 Å². The lowest BCUT2D eigenvalue weighted by atomic mass is 10.1. The number of benzene rings is 2. The van der Waals surface area contributed by atoms with Crippen LogP contribution in [-0.4, -0.2) is 28.8 Å². The lowest BCUT2D eigenvalue weighted by molar-refractivity contribution is -0.122. The Morgan fingerprint density at radius 3 is 2.52 bits per heavy atom. The third kappa shape index (κ3) is 5.20. The minimum absolute atomic E-state index is 0.127. The van der Waals surface area contributed by atoms with Gasteiger partial charge in [0.05, 0.1) is 0 Å². The number of carbonyl (C=O) groups excluding carboxylic acids is 2. The summed E-state index contributed by atoms with van der Waals surface area (Å²) in [5, 5.41) is 5.87. The Kier molecular flexibility index (Phi) is 6.29. The highest BCUT2D eigenvalue weighted by Gasteiger charge is 2.32. The first-order chi connectivity index (χ1) is 13.0. The minimum atomic E-state index is -0.440. The van der Waals surface area contributed by atoms with E-state index in [1.807, 2.05) is 50.2 Å². The Morgan fingerprint density at radius 2 is 1.81 bits per heavy atom. The third-order valence-corrected chi connectivity index (χ3v) is 5.51. The SMILES string of the molecule is Cc1cccc(C)c1NC(=O)C[C@H]1SC(=NCCc2ccccc2)NC1=O. The number of aryl methyl sites for hydroxylation is 2. The number of anilines is 1. The highest BCUT2D eigenvalue weighted by atomic mass is 32.2. The third-order valence-electron chi connectivity index (χ3n) is 4.39. The van der Waals surface area contributed by atoms with Crippen LogP contribution in [0.3, 0.4) is 0 Å². The van der Waals surface area contributed by atoms with E-state index in [2.05, 4.69) is 27.8 Å². The topological polar surface area (TPSA) is 70.6 Å². The molecule has 0 radical (unpaired) electrons. The minimum Gasteiger partial charge on any atom is -0.326 e. The number of para-hydroxylation sites is 1. The van der Waals surface area contributed by atoms with E-state index in [1.165, 1.54) is 17.3 Å². The molecule has 1 aliphatic rings. The van der Waals surface area contributed by atoms with Crippen LogP contribution in [0.15, 0.2) is 53.5 Å². The van der Waals surface area contributed by atoms with Crippen LogP contribution >= 0.6 is 11.8 Å². The molecule has 0 aliphatic carbocycles. The first kappa shape index (κ1) is 19.2. The fourth-order valence-corrected chi connectivity index (χ4v) is 3.91. The fourth-order valence-electron chi connectivity index (χ4n) is 2.92. The lowest BCUT2D eigenvalue weighted by Crippen LogP contribution is -2.28. The van der Waals surface area contributed by atoms with Crippen molar-refractivity contribution in [1.82, 2.24) is 5.32 Å². The second-order valence-electron chi connectivity index (χ2n) is 6.54. The summed E-state index contributed by atoms with van der Waals surface area (Å²) in [6.45, 7) is 4.52. The van der Waals surface area contributed by atoms with E-state index < -0.39 is 5.25 Å². The summed E-state index contributed by atoms with van der Waals surface area (Å²) in [6.07, 6.45) is 0.945. The zero-order chi connectivity index (χ0) is 19.2. The average molecular weight is 382 g/mol. The Labute approximate surface area is 163 Å². The molecule has 1 atom stereocenters. The highest BCUT2D eigenvalue weighted by molar-refractivity contribution is 8.15. The van der Waals surface area contributed by atoms with Crippen LogP contribution in [0.5, 0.6) is 0 Å². The fraction of sp³-hybridized carbons (Fsp3) is 0.286. The summed E-state index contributed by atoms with van der Waals surface area (Å²) in [6, 6.07) is 16.0. The van der Waals surface area contributed by atoms with Crippen LogP contribution in [0.25, 0.3) is 0 Å². The zero-order valence-electron chi connectivity index (χ0n) is 15.5. The zero-order valence-corrected chi connectivity index (χ0v) is 16.3. The van der Waals surface area contributed by atoms with Crippen LogP contribution in [0, 0.1) is 13.8 Å². The van der Waals surface area contributed by atoms with Crippen molar-refractivity contribution in [3.8, 4) is 0 Å². The van der Waals surface area contributed by atoms with Crippen molar-refractivity contribution in [2.45, 2.75) is 31.9 Å². The molecule has 3 rings (SSSR count). The van der Waals surface area contributed by atoms with E-state index in [0.29, 0.717) is 11.7 Å². The Bertz CT molecular complexity index is 845. The average Bonchev–Trinajstić information content (AvgIpc) is 2.98. The molecule has 0 unspecified atom stereocenters. The van der Waals surface area contributed by atoms with Crippen LogP contribution in [0.4, 0.5) is 5.69 Å². The molecule has 2 amide bonds. The molecular weight excluding hydrogens is 358 g/mol. The largest absolute Gasteiger partial charge is 0.326 e. The van der Waals surface area contributed by atoms with E-state index >= 15 is 0 Å². The maximum absolute atomic E-state index is 12.4. The van der Waals surface area contributed by atoms with Gasteiger partial charge in [0.2, 0.25) is 11.8 Å². The van der Waals surface area contributed by atoms with Gasteiger partial charge in [-0.2, -0.15) is 0 Å². The van der Waals surface area contributed by atoms with Crippen molar-refractivity contribution in [3.05, 3.63) is 65.2 Å². The van der Waals surface area contributed by atoms with E-state index in [9.17, 15) is 9.59 Å². The molecule has 0 spiro atoms. The molecule has 2 aromatic carbocycles. The van der Waals surface area contributed by atoms with Crippen molar-refractivity contribution in [3.63, 3.8) is 0 Å². The maximum Gasteiger partial charge on any atom is 0.240 e. The number of hydrogen-bond donors (Lipinski definition) is 2. The first-order valence-corrected chi connectivity index (χ1v) is 9.83. The quantitative estimate of drug-likeness (QED) is 0.805. The van der Waals surface area contributed by atoms with Crippen molar-refractivity contribution < 1.29 is 9.59 Å². The van der Waals surface area contributed by atoms with E-state index in [0.717, 1.165) is 23.2 Å². The first-order valence-electron chi connectivity index (χ1n) is 8.95. The molecule has 1 aliphatic heterocycles. The van der Waals surface area contributed by atoms with Gasteiger partial charge in [-0.3, -0.25) is 14.6 Å². The van der Waals surface area contributed by atoms with Crippen LogP contribution in [0.1, 0.15) is 23.1 Å². The number of nitrogens with one attached hydrogen (secondary N) is 2. The van der Waals surface area contributed by atoms with Crippen LogP contribution in [0.2, 0.25) is 0 Å². The van der Waals surface area contributed by atoms with Gasteiger partial charge in [-0.1, -0.05) is 60.3 Å². The van der Waals surface area contributed by atoms with Crippen LogP contribution < -0.4 is 10.6 Å². The summed E-state index contributed by atoms with van der Waals surface area (Å²) in [4.78, 5) is 29.0. The number of nitrogens with zero attached hydrogens (tertiary/aromatic N) is 1. The lowest BCUT2D eigenvalue weighted by Gasteiger charge is -2.12. The molecule has 2 N–H and O–H groups in total. The second kappa shape index (κ2) is 8.86. The number of rotatable bonds is 6. The van der Waals surface area contributed by atoms with E-state index in [1.54, 1.807) is 0 Å². The number of hydrogen-bond acceptors (Lipinski definition) is 4. The van der Waals surface area contributed by atoms with Gasteiger partial charge in [-0.15, -0.1) is 0 Å². The van der Waals surface area contributed by atoms with Crippen molar-refractivity contribution in [1.29, 1.82) is 0 Å². The van der Waals surface area contributed by atoms with Gasteiger partial charge < -0.3 is 10.6 Å². The number of carbonyl (C=O) groups is 2. The van der Waals surface area contributed by atoms with Gasteiger partial charge in [0.15, 0.2) is 5.17 Å². The molecule has 2 aromatic rings.